The summed E-state index contributed by atoms with van der Waals surface area (Å²) in [7, 11) is -3.71. The highest BCUT2D eigenvalue weighted by Gasteiger charge is 2.44. The van der Waals surface area contributed by atoms with Crippen molar-refractivity contribution >= 4 is 10.0 Å². The van der Waals surface area contributed by atoms with Crippen molar-refractivity contribution in [3.63, 3.8) is 0 Å². The van der Waals surface area contributed by atoms with Crippen molar-refractivity contribution in [3.8, 4) is 0 Å². The van der Waals surface area contributed by atoms with Gasteiger partial charge in [0.2, 0.25) is 10.0 Å². The highest BCUT2D eigenvalue weighted by Crippen LogP contribution is 2.36. The van der Waals surface area contributed by atoms with Gasteiger partial charge in [0.15, 0.2) is 5.79 Å². The van der Waals surface area contributed by atoms with Crippen LogP contribution < -0.4 is 4.72 Å². The van der Waals surface area contributed by atoms with Crippen molar-refractivity contribution in [1.29, 1.82) is 0 Å². The fraction of sp³-hybridized carbons (Fsp3) is 0.400. The Morgan fingerprint density at radius 2 is 1.62 bits per heavy atom. The Morgan fingerprint density at radius 1 is 1.00 bits per heavy atom. The van der Waals surface area contributed by atoms with E-state index in [2.05, 4.69) is 4.72 Å². The lowest BCUT2D eigenvalue weighted by Gasteiger charge is -2.27. The molecular formula is C20H25NO4S. The number of sulfonamides is 1. The third kappa shape index (κ3) is 4.15. The third-order valence-corrected chi connectivity index (χ3v) is 5.91. The van der Waals surface area contributed by atoms with E-state index in [1.54, 1.807) is 24.3 Å². The number of ether oxygens (including phenoxy) is 2. The van der Waals surface area contributed by atoms with Crippen molar-refractivity contribution < 1.29 is 17.9 Å². The third-order valence-electron chi connectivity index (χ3n) is 4.45. The van der Waals surface area contributed by atoms with Crippen LogP contribution in [0.3, 0.4) is 0 Å². The summed E-state index contributed by atoms with van der Waals surface area (Å²) < 4.78 is 40.6. The maximum absolute atomic E-state index is 12.9. The second-order valence-corrected chi connectivity index (χ2v) is 8.84. The highest BCUT2D eigenvalue weighted by molar-refractivity contribution is 7.89. The van der Waals surface area contributed by atoms with E-state index in [1.807, 2.05) is 58.0 Å². The van der Waals surface area contributed by atoms with Crippen LogP contribution in [0.4, 0.5) is 0 Å². The topological polar surface area (TPSA) is 64.6 Å². The second kappa shape index (κ2) is 7.12. The average Bonchev–Trinajstić information content (AvgIpc) is 2.86. The molecule has 0 aromatic heterocycles. The number of hydrogen-bond acceptors (Lipinski definition) is 4. The van der Waals surface area contributed by atoms with Crippen molar-refractivity contribution in [1.82, 2.24) is 4.72 Å². The van der Waals surface area contributed by atoms with Crippen LogP contribution >= 0.6 is 0 Å². The van der Waals surface area contributed by atoms with Crippen molar-refractivity contribution in [2.24, 2.45) is 0 Å². The van der Waals surface area contributed by atoms with Gasteiger partial charge in [0.1, 0.15) is 6.10 Å². The Kier molecular flexibility index (Phi) is 5.21. The molecule has 1 unspecified atom stereocenters. The first-order chi connectivity index (χ1) is 12.2. The smallest absolute Gasteiger partial charge is 0.241 e. The van der Waals surface area contributed by atoms with E-state index in [0.717, 1.165) is 11.1 Å². The quantitative estimate of drug-likeness (QED) is 0.868. The molecule has 2 aromatic rings. The van der Waals surface area contributed by atoms with E-state index in [-0.39, 0.29) is 11.0 Å². The van der Waals surface area contributed by atoms with Gasteiger partial charge in [-0.1, -0.05) is 48.0 Å². The molecule has 2 aromatic carbocycles. The van der Waals surface area contributed by atoms with Crippen LogP contribution in [0.1, 0.15) is 37.9 Å². The highest BCUT2D eigenvalue weighted by atomic mass is 32.2. The summed E-state index contributed by atoms with van der Waals surface area (Å²) in [5.74, 6) is -0.758. The van der Waals surface area contributed by atoms with Crippen molar-refractivity contribution in [3.05, 3.63) is 65.7 Å². The maximum Gasteiger partial charge on any atom is 0.241 e. The predicted octanol–water partition coefficient (Wildman–Crippen LogP) is 3.55. The summed E-state index contributed by atoms with van der Waals surface area (Å²) in [6, 6.07) is 15.7. The van der Waals surface area contributed by atoms with Crippen LogP contribution in [-0.2, 0) is 19.5 Å². The molecule has 0 radical (unpaired) electrons. The van der Waals surface area contributed by atoms with E-state index in [0.29, 0.717) is 0 Å². The molecule has 3 atom stereocenters. The molecule has 5 nitrogen and oxygen atoms in total. The lowest BCUT2D eigenvalue weighted by molar-refractivity contribution is -0.147. The lowest BCUT2D eigenvalue weighted by atomic mass is 9.99. The number of nitrogens with one attached hydrogen (secondary N) is 1. The summed E-state index contributed by atoms with van der Waals surface area (Å²) in [6.45, 7) is 7.49. The molecule has 6 heteroatoms. The summed E-state index contributed by atoms with van der Waals surface area (Å²) in [6.07, 6.45) is -0.691. The molecule has 1 heterocycles. The van der Waals surface area contributed by atoms with Gasteiger partial charge in [-0.2, -0.15) is 0 Å². The Hall–Kier alpha value is -1.73. The number of hydrogen-bond donors (Lipinski definition) is 1. The molecule has 1 aliphatic heterocycles. The van der Waals surface area contributed by atoms with E-state index < -0.39 is 28.0 Å². The minimum absolute atomic E-state index is 0.231. The molecule has 0 aliphatic carbocycles. The predicted molar refractivity (Wildman–Crippen MR) is 100 cm³/mol. The lowest BCUT2D eigenvalue weighted by Crippen LogP contribution is -2.40. The van der Waals surface area contributed by atoms with Gasteiger partial charge in [0.05, 0.1) is 17.0 Å². The Balaban J connectivity index is 1.95. The van der Waals surface area contributed by atoms with Gasteiger partial charge in [-0.15, -0.1) is 0 Å². The molecular weight excluding hydrogens is 350 g/mol. The van der Waals surface area contributed by atoms with Crippen LogP contribution in [0.2, 0.25) is 0 Å². The number of aryl methyl sites for hydroxylation is 1. The van der Waals surface area contributed by atoms with Crippen LogP contribution in [0.15, 0.2) is 59.5 Å². The van der Waals surface area contributed by atoms with Gasteiger partial charge in [0, 0.05) is 0 Å². The Bertz CT molecular complexity index is 847. The van der Waals surface area contributed by atoms with Gasteiger partial charge in [-0.25, -0.2) is 13.1 Å². The van der Waals surface area contributed by atoms with E-state index >= 15 is 0 Å². The SMILES string of the molecule is Cc1ccc(S(=O)(=O)NC(c2ccccc2)[C@H]2OC(C)(C)O[C@@H]2C)cc1. The first-order valence-corrected chi connectivity index (χ1v) is 10.2. The molecule has 0 amide bonds. The minimum Gasteiger partial charge on any atom is -0.345 e. The first kappa shape index (κ1) is 19.0. The van der Waals surface area contributed by atoms with Crippen LogP contribution in [0, 0.1) is 6.92 Å². The van der Waals surface area contributed by atoms with E-state index in [4.69, 9.17) is 9.47 Å². The van der Waals surface area contributed by atoms with E-state index in [1.165, 1.54) is 0 Å². The summed E-state index contributed by atoms with van der Waals surface area (Å²) in [5, 5.41) is 0. The van der Waals surface area contributed by atoms with Gasteiger partial charge in [0.25, 0.3) is 0 Å². The molecule has 26 heavy (non-hydrogen) atoms. The Labute approximate surface area is 155 Å². The van der Waals surface area contributed by atoms with Crippen LogP contribution in [0.5, 0.6) is 0 Å². The molecule has 1 aliphatic rings. The van der Waals surface area contributed by atoms with Gasteiger partial charge in [-0.05, 0) is 45.4 Å². The van der Waals surface area contributed by atoms with Crippen LogP contribution in [-0.4, -0.2) is 26.4 Å². The second-order valence-electron chi connectivity index (χ2n) is 7.13. The maximum atomic E-state index is 12.9. The van der Waals surface area contributed by atoms with Gasteiger partial charge in [-0.3, -0.25) is 0 Å². The fourth-order valence-corrected chi connectivity index (χ4v) is 4.48. The molecule has 1 N–H and O–H groups in total. The summed E-state index contributed by atoms with van der Waals surface area (Å²) >= 11 is 0. The van der Waals surface area contributed by atoms with Gasteiger partial charge < -0.3 is 9.47 Å². The summed E-state index contributed by atoms with van der Waals surface area (Å²) in [5.41, 5.74) is 1.84. The largest absolute Gasteiger partial charge is 0.345 e. The van der Waals surface area contributed by atoms with Crippen LogP contribution in [0.25, 0.3) is 0 Å². The molecule has 0 bridgehead atoms. The molecule has 1 saturated heterocycles. The zero-order chi connectivity index (χ0) is 18.9. The van der Waals surface area contributed by atoms with Crippen molar-refractivity contribution in [2.45, 2.75) is 56.6 Å². The average molecular weight is 375 g/mol. The number of benzene rings is 2. The monoisotopic (exact) mass is 375 g/mol. The Morgan fingerprint density at radius 3 is 2.15 bits per heavy atom. The zero-order valence-electron chi connectivity index (χ0n) is 15.5. The van der Waals surface area contributed by atoms with Crippen molar-refractivity contribution in [2.75, 3.05) is 0 Å². The van der Waals surface area contributed by atoms with Gasteiger partial charge >= 0.3 is 0 Å². The first-order valence-electron chi connectivity index (χ1n) is 8.67. The minimum atomic E-state index is -3.71. The molecule has 0 spiro atoms. The molecule has 1 fully saturated rings. The molecule has 0 saturated carbocycles. The summed E-state index contributed by atoms with van der Waals surface area (Å²) in [4.78, 5) is 0.231. The molecule has 140 valence electrons. The normalized spacial score (nSPS) is 23.7. The zero-order valence-corrected chi connectivity index (χ0v) is 16.3. The number of rotatable bonds is 5. The van der Waals surface area contributed by atoms with E-state index in [9.17, 15) is 8.42 Å². The fourth-order valence-electron chi connectivity index (χ4n) is 3.24. The standard InChI is InChI=1S/C20H25NO4S/c1-14-10-12-17(13-11-14)26(22,23)21-18(16-8-6-5-7-9-16)19-15(2)24-20(3,4)25-19/h5-13,15,18-19,21H,1-4H3/t15-,18?,19+/m1/s1. The molecule has 3 rings (SSSR count).